The number of carbonyl (C=O) groups is 3. The van der Waals surface area contributed by atoms with Crippen molar-refractivity contribution in [2.45, 2.75) is 52.5 Å². The lowest BCUT2D eigenvalue weighted by atomic mass is 10.1. The molecule has 1 unspecified atom stereocenters. The SMILES string of the molecule is CCOC(=O)CC(C(=O)OCC)N(CCCCCN)CC(=O)OCC. The van der Waals surface area contributed by atoms with Crippen LogP contribution in [-0.4, -0.2) is 68.3 Å². The van der Waals surface area contributed by atoms with E-state index in [4.69, 9.17) is 19.9 Å². The molecule has 8 heteroatoms. The fraction of sp³-hybridized carbons (Fsp3) is 0.824. The molecule has 0 aromatic heterocycles. The van der Waals surface area contributed by atoms with Crippen LogP contribution in [-0.2, 0) is 28.6 Å². The van der Waals surface area contributed by atoms with Crippen LogP contribution in [0.5, 0.6) is 0 Å². The van der Waals surface area contributed by atoms with Crippen molar-refractivity contribution in [1.29, 1.82) is 0 Å². The number of nitrogens with zero attached hydrogens (tertiary/aromatic N) is 1. The first-order valence-corrected chi connectivity index (χ1v) is 8.92. The molecule has 0 saturated heterocycles. The van der Waals surface area contributed by atoms with Crippen LogP contribution in [0.25, 0.3) is 0 Å². The minimum atomic E-state index is -0.874. The lowest BCUT2D eigenvalue weighted by Gasteiger charge is -2.28. The van der Waals surface area contributed by atoms with Crippen LogP contribution in [0.1, 0.15) is 46.5 Å². The van der Waals surface area contributed by atoms with Crippen LogP contribution < -0.4 is 5.73 Å². The summed E-state index contributed by atoms with van der Waals surface area (Å²) in [7, 11) is 0. The van der Waals surface area contributed by atoms with Gasteiger partial charge in [0.15, 0.2) is 0 Å². The van der Waals surface area contributed by atoms with E-state index in [2.05, 4.69) is 0 Å². The van der Waals surface area contributed by atoms with E-state index in [-0.39, 0.29) is 32.8 Å². The zero-order valence-electron chi connectivity index (χ0n) is 15.6. The molecule has 0 aromatic carbocycles. The van der Waals surface area contributed by atoms with E-state index in [0.717, 1.165) is 19.3 Å². The molecule has 0 amide bonds. The van der Waals surface area contributed by atoms with Crippen molar-refractivity contribution < 1.29 is 28.6 Å². The molecule has 1 atom stereocenters. The third-order valence-corrected chi connectivity index (χ3v) is 3.45. The van der Waals surface area contributed by atoms with Crippen LogP contribution in [0.15, 0.2) is 0 Å². The van der Waals surface area contributed by atoms with Crippen molar-refractivity contribution >= 4 is 17.9 Å². The molecule has 0 fully saturated rings. The number of ether oxygens (including phenoxy) is 3. The van der Waals surface area contributed by atoms with Crippen LogP contribution in [0.2, 0.25) is 0 Å². The highest BCUT2D eigenvalue weighted by atomic mass is 16.5. The van der Waals surface area contributed by atoms with Gasteiger partial charge in [-0.15, -0.1) is 0 Å². The summed E-state index contributed by atoms with van der Waals surface area (Å²) >= 11 is 0. The number of hydrogen-bond acceptors (Lipinski definition) is 8. The quantitative estimate of drug-likeness (QED) is 0.276. The summed E-state index contributed by atoms with van der Waals surface area (Å²) in [6, 6.07) is -0.874. The molecule has 0 bridgehead atoms. The van der Waals surface area contributed by atoms with E-state index >= 15 is 0 Å². The summed E-state index contributed by atoms with van der Waals surface area (Å²) in [6.45, 7) is 6.73. The molecular weight excluding hydrogens is 328 g/mol. The van der Waals surface area contributed by atoms with Gasteiger partial charge in [-0.3, -0.25) is 19.3 Å². The minimum Gasteiger partial charge on any atom is -0.466 e. The van der Waals surface area contributed by atoms with Crippen molar-refractivity contribution in [2.24, 2.45) is 5.73 Å². The lowest BCUT2D eigenvalue weighted by molar-refractivity contribution is -0.158. The predicted octanol–water partition coefficient (Wildman–Crippen LogP) is 0.865. The average molecular weight is 360 g/mol. The largest absolute Gasteiger partial charge is 0.466 e. The second-order valence-electron chi connectivity index (χ2n) is 5.40. The average Bonchev–Trinajstić information content (AvgIpc) is 2.56. The molecule has 25 heavy (non-hydrogen) atoms. The third-order valence-electron chi connectivity index (χ3n) is 3.45. The number of carbonyl (C=O) groups excluding carboxylic acids is 3. The van der Waals surface area contributed by atoms with E-state index in [0.29, 0.717) is 13.1 Å². The zero-order chi connectivity index (χ0) is 19.1. The van der Waals surface area contributed by atoms with E-state index in [1.165, 1.54) is 0 Å². The van der Waals surface area contributed by atoms with Crippen LogP contribution in [0, 0.1) is 0 Å². The number of esters is 3. The monoisotopic (exact) mass is 360 g/mol. The number of unbranched alkanes of at least 4 members (excludes halogenated alkanes) is 2. The Morgan fingerprint density at radius 1 is 0.880 bits per heavy atom. The first kappa shape index (κ1) is 23.3. The maximum Gasteiger partial charge on any atom is 0.323 e. The second kappa shape index (κ2) is 14.7. The summed E-state index contributed by atoms with van der Waals surface area (Å²) in [6.07, 6.45) is 2.30. The van der Waals surface area contributed by atoms with Crippen molar-refractivity contribution in [2.75, 3.05) is 39.5 Å². The lowest BCUT2D eigenvalue weighted by Crippen LogP contribution is -2.47. The van der Waals surface area contributed by atoms with Gasteiger partial charge in [-0.2, -0.15) is 0 Å². The fourth-order valence-electron chi connectivity index (χ4n) is 2.33. The Balaban J connectivity index is 5.12. The van der Waals surface area contributed by atoms with Crippen molar-refractivity contribution in [3.05, 3.63) is 0 Å². The molecule has 0 aliphatic rings. The molecule has 0 aliphatic heterocycles. The van der Waals surface area contributed by atoms with Gasteiger partial charge >= 0.3 is 17.9 Å². The third kappa shape index (κ3) is 10.7. The summed E-state index contributed by atoms with van der Waals surface area (Å²) in [5.74, 6) is -1.49. The van der Waals surface area contributed by atoms with Gasteiger partial charge in [-0.1, -0.05) is 6.42 Å². The highest BCUT2D eigenvalue weighted by molar-refractivity contribution is 5.83. The van der Waals surface area contributed by atoms with Gasteiger partial charge in [-0.25, -0.2) is 0 Å². The van der Waals surface area contributed by atoms with Crippen LogP contribution in [0.3, 0.4) is 0 Å². The standard InChI is InChI=1S/C17H32N2O6/c1-4-23-15(20)12-14(17(22)25-6-3)19(11-9-7-8-10-18)13-16(21)24-5-2/h14H,4-13,18H2,1-3H3. The Morgan fingerprint density at radius 2 is 1.48 bits per heavy atom. The molecule has 0 spiro atoms. The number of nitrogens with two attached hydrogens (primary N) is 1. The molecule has 2 N–H and O–H groups in total. The Bertz CT molecular complexity index is 403. The molecule has 0 radical (unpaired) electrons. The Morgan fingerprint density at radius 3 is 2.04 bits per heavy atom. The molecule has 0 heterocycles. The first-order chi connectivity index (χ1) is 12.0. The van der Waals surface area contributed by atoms with E-state index in [9.17, 15) is 14.4 Å². The molecule has 8 nitrogen and oxygen atoms in total. The van der Waals surface area contributed by atoms with E-state index < -0.39 is 23.9 Å². The van der Waals surface area contributed by atoms with Crippen LogP contribution >= 0.6 is 0 Å². The highest BCUT2D eigenvalue weighted by Crippen LogP contribution is 2.11. The van der Waals surface area contributed by atoms with Crippen molar-refractivity contribution in [1.82, 2.24) is 4.90 Å². The Hall–Kier alpha value is -1.67. The van der Waals surface area contributed by atoms with Crippen molar-refractivity contribution in [3.8, 4) is 0 Å². The Kier molecular flexibility index (Phi) is 13.7. The molecule has 0 rings (SSSR count). The van der Waals surface area contributed by atoms with Gasteiger partial charge in [-0.05, 0) is 46.7 Å². The summed E-state index contributed by atoms with van der Waals surface area (Å²) in [4.78, 5) is 37.7. The zero-order valence-corrected chi connectivity index (χ0v) is 15.6. The van der Waals surface area contributed by atoms with Gasteiger partial charge in [0.2, 0.25) is 0 Å². The molecule has 0 aromatic rings. The normalized spacial score (nSPS) is 11.9. The van der Waals surface area contributed by atoms with Gasteiger partial charge < -0.3 is 19.9 Å². The van der Waals surface area contributed by atoms with E-state index in [1.807, 2.05) is 0 Å². The molecular formula is C17H32N2O6. The predicted molar refractivity (Wildman–Crippen MR) is 92.8 cm³/mol. The minimum absolute atomic E-state index is 0.0840. The van der Waals surface area contributed by atoms with Gasteiger partial charge in [0.1, 0.15) is 6.04 Å². The van der Waals surface area contributed by atoms with Gasteiger partial charge in [0.05, 0.1) is 32.8 Å². The first-order valence-electron chi connectivity index (χ1n) is 8.92. The highest BCUT2D eigenvalue weighted by Gasteiger charge is 2.31. The molecule has 0 saturated carbocycles. The molecule has 0 aliphatic carbocycles. The summed E-state index contributed by atoms with van der Waals surface area (Å²) < 4.78 is 15.0. The Labute approximate surface area is 150 Å². The summed E-state index contributed by atoms with van der Waals surface area (Å²) in [5.41, 5.74) is 5.49. The maximum absolute atomic E-state index is 12.3. The second-order valence-corrected chi connectivity index (χ2v) is 5.40. The van der Waals surface area contributed by atoms with Gasteiger partial charge in [0.25, 0.3) is 0 Å². The van der Waals surface area contributed by atoms with Crippen LogP contribution in [0.4, 0.5) is 0 Å². The number of hydrogen-bond donors (Lipinski definition) is 1. The van der Waals surface area contributed by atoms with Gasteiger partial charge in [0, 0.05) is 0 Å². The maximum atomic E-state index is 12.3. The van der Waals surface area contributed by atoms with E-state index in [1.54, 1.807) is 25.7 Å². The smallest absolute Gasteiger partial charge is 0.323 e. The van der Waals surface area contributed by atoms with Crippen molar-refractivity contribution in [3.63, 3.8) is 0 Å². The summed E-state index contributed by atoms with van der Waals surface area (Å²) in [5, 5.41) is 0. The fourth-order valence-corrected chi connectivity index (χ4v) is 2.33. The molecule has 146 valence electrons. The topological polar surface area (TPSA) is 108 Å². The number of rotatable bonds is 14.